The number of hydrogen-bond acceptors (Lipinski definition) is 6. The van der Waals surface area contributed by atoms with E-state index >= 15 is 0 Å². The van der Waals surface area contributed by atoms with Gasteiger partial charge in [-0.15, -0.1) is 0 Å². The lowest BCUT2D eigenvalue weighted by atomic mass is 10.1. The first kappa shape index (κ1) is 16.1. The molecule has 0 radical (unpaired) electrons. The van der Waals surface area contributed by atoms with Crippen LogP contribution in [0.1, 0.15) is 11.1 Å². The average Bonchev–Trinajstić information content (AvgIpc) is 3.10. The van der Waals surface area contributed by atoms with E-state index in [4.69, 9.17) is 14.1 Å². The average molecular weight is 339 g/mol. The standard InChI is InChI=1S/C19H21N3O3/c1-23-16-4-2-3-14(9-16)10-17-13-22(7-8-24-17)12-15-5-6-18-19(11-15)21-25-20-18/h2-6,9,11,17H,7-8,10,12-13H2,1H3/t17-/m0/s1. The highest BCUT2D eigenvalue weighted by Crippen LogP contribution is 2.19. The van der Waals surface area contributed by atoms with E-state index in [9.17, 15) is 0 Å². The van der Waals surface area contributed by atoms with Gasteiger partial charge in [0.2, 0.25) is 0 Å². The molecule has 0 saturated carbocycles. The lowest BCUT2D eigenvalue weighted by molar-refractivity contribution is -0.0304. The van der Waals surface area contributed by atoms with Crippen LogP contribution in [-0.2, 0) is 17.7 Å². The lowest BCUT2D eigenvalue weighted by Gasteiger charge is -2.33. The van der Waals surface area contributed by atoms with E-state index in [0.717, 1.165) is 49.4 Å². The molecule has 0 N–H and O–H groups in total. The minimum Gasteiger partial charge on any atom is -0.497 e. The molecule has 0 unspecified atom stereocenters. The molecular weight excluding hydrogens is 318 g/mol. The maximum atomic E-state index is 5.96. The van der Waals surface area contributed by atoms with Crippen molar-refractivity contribution in [2.45, 2.75) is 19.1 Å². The summed E-state index contributed by atoms with van der Waals surface area (Å²) in [5.74, 6) is 0.889. The number of fused-ring (bicyclic) bond motifs is 1. The Hall–Kier alpha value is -2.44. The monoisotopic (exact) mass is 339 g/mol. The molecule has 2 aromatic carbocycles. The summed E-state index contributed by atoms with van der Waals surface area (Å²) in [4.78, 5) is 2.42. The Kier molecular flexibility index (Phi) is 4.63. The zero-order valence-electron chi connectivity index (χ0n) is 14.2. The highest BCUT2D eigenvalue weighted by molar-refractivity contribution is 5.73. The van der Waals surface area contributed by atoms with E-state index < -0.39 is 0 Å². The Balaban J connectivity index is 1.40. The second-order valence-corrected chi connectivity index (χ2v) is 6.37. The minimum absolute atomic E-state index is 0.193. The van der Waals surface area contributed by atoms with Crippen LogP contribution in [0.2, 0.25) is 0 Å². The Bertz CT molecular complexity index is 849. The molecule has 0 spiro atoms. The summed E-state index contributed by atoms with van der Waals surface area (Å²) in [6.45, 7) is 3.47. The van der Waals surface area contributed by atoms with Gasteiger partial charge in [-0.3, -0.25) is 4.90 Å². The molecule has 1 aromatic heterocycles. The van der Waals surface area contributed by atoms with Gasteiger partial charge < -0.3 is 9.47 Å². The quantitative estimate of drug-likeness (QED) is 0.712. The van der Waals surface area contributed by atoms with Crippen LogP contribution in [0.15, 0.2) is 47.1 Å². The van der Waals surface area contributed by atoms with Crippen molar-refractivity contribution in [1.82, 2.24) is 15.2 Å². The van der Waals surface area contributed by atoms with Crippen LogP contribution in [0.3, 0.4) is 0 Å². The van der Waals surface area contributed by atoms with E-state index in [1.165, 1.54) is 11.1 Å². The van der Waals surface area contributed by atoms with E-state index in [1.54, 1.807) is 7.11 Å². The summed E-state index contributed by atoms with van der Waals surface area (Å²) < 4.78 is 16.0. The molecular formula is C19H21N3O3. The van der Waals surface area contributed by atoms with Crippen molar-refractivity contribution in [3.05, 3.63) is 53.6 Å². The molecule has 0 bridgehead atoms. The maximum Gasteiger partial charge on any atom is 0.135 e. The van der Waals surface area contributed by atoms with Crippen molar-refractivity contribution < 1.29 is 14.1 Å². The first-order valence-electron chi connectivity index (χ1n) is 8.48. The minimum atomic E-state index is 0.193. The zero-order chi connectivity index (χ0) is 17.1. The first-order chi connectivity index (χ1) is 12.3. The maximum absolute atomic E-state index is 5.96. The van der Waals surface area contributed by atoms with Gasteiger partial charge in [-0.1, -0.05) is 18.2 Å². The molecule has 6 heteroatoms. The fraction of sp³-hybridized carbons (Fsp3) is 0.368. The summed E-state index contributed by atoms with van der Waals surface area (Å²) in [6, 6.07) is 14.3. The number of morpholine rings is 1. The van der Waals surface area contributed by atoms with E-state index in [-0.39, 0.29) is 6.10 Å². The second kappa shape index (κ2) is 7.21. The molecule has 130 valence electrons. The number of rotatable bonds is 5. The van der Waals surface area contributed by atoms with Gasteiger partial charge in [0.25, 0.3) is 0 Å². The SMILES string of the molecule is COc1cccc(C[C@H]2CN(Cc3ccc4nonc4c3)CCO2)c1. The van der Waals surface area contributed by atoms with Crippen LogP contribution < -0.4 is 4.74 Å². The molecule has 6 nitrogen and oxygen atoms in total. The number of ether oxygens (including phenoxy) is 2. The van der Waals surface area contributed by atoms with E-state index in [0.29, 0.717) is 0 Å². The summed E-state index contributed by atoms with van der Waals surface area (Å²) in [7, 11) is 1.69. The van der Waals surface area contributed by atoms with Gasteiger partial charge in [0.1, 0.15) is 16.8 Å². The molecule has 3 aromatic rings. The highest BCUT2D eigenvalue weighted by Gasteiger charge is 2.21. The molecule has 4 rings (SSSR count). The van der Waals surface area contributed by atoms with E-state index in [1.807, 2.05) is 24.3 Å². The second-order valence-electron chi connectivity index (χ2n) is 6.37. The third kappa shape index (κ3) is 3.81. The lowest BCUT2D eigenvalue weighted by Crippen LogP contribution is -2.42. The number of benzene rings is 2. The fourth-order valence-corrected chi connectivity index (χ4v) is 3.29. The Labute approximate surface area is 146 Å². The van der Waals surface area contributed by atoms with Crippen LogP contribution in [0.5, 0.6) is 5.75 Å². The molecule has 0 aliphatic carbocycles. The van der Waals surface area contributed by atoms with Gasteiger partial charge in [-0.2, -0.15) is 0 Å². The van der Waals surface area contributed by atoms with Crippen molar-refractivity contribution in [1.29, 1.82) is 0 Å². The Morgan fingerprint density at radius 3 is 2.96 bits per heavy atom. The summed E-state index contributed by atoms with van der Waals surface area (Å²) in [5, 5.41) is 7.77. The van der Waals surface area contributed by atoms with Crippen LogP contribution in [0.25, 0.3) is 11.0 Å². The normalized spacial score (nSPS) is 18.5. The van der Waals surface area contributed by atoms with E-state index in [2.05, 4.69) is 33.4 Å². The Morgan fingerprint density at radius 1 is 1.12 bits per heavy atom. The van der Waals surface area contributed by atoms with Gasteiger partial charge in [0.05, 0.1) is 19.8 Å². The van der Waals surface area contributed by atoms with Gasteiger partial charge in [-0.05, 0) is 45.7 Å². The van der Waals surface area contributed by atoms with Gasteiger partial charge >= 0.3 is 0 Å². The number of methoxy groups -OCH3 is 1. The topological polar surface area (TPSA) is 60.6 Å². The van der Waals surface area contributed by atoms with Crippen molar-refractivity contribution in [2.24, 2.45) is 0 Å². The largest absolute Gasteiger partial charge is 0.497 e. The molecule has 1 aliphatic heterocycles. The van der Waals surface area contributed by atoms with Crippen molar-refractivity contribution in [3.8, 4) is 5.75 Å². The molecule has 1 fully saturated rings. The highest BCUT2D eigenvalue weighted by atomic mass is 16.6. The third-order valence-corrected chi connectivity index (χ3v) is 4.54. The molecule has 1 saturated heterocycles. The smallest absolute Gasteiger partial charge is 0.135 e. The van der Waals surface area contributed by atoms with Crippen molar-refractivity contribution in [2.75, 3.05) is 26.8 Å². The van der Waals surface area contributed by atoms with Crippen molar-refractivity contribution >= 4 is 11.0 Å². The molecule has 0 amide bonds. The fourth-order valence-electron chi connectivity index (χ4n) is 3.29. The molecule has 1 atom stereocenters. The number of hydrogen-bond donors (Lipinski definition) is 0. The van der Waals surface area contributed by atoms with Gasteiger partial charge in [0, 0.05) is 26.1 Å². The van der Waals surface area contributed by atoms with Crippen LogP contribution >= 0.6 is 0 Å². The molecule has 2 heterocycles. The third-order valence-electron chi connectivity index (χ3n) is 4.54. The zero-order valence-corrected chi connectivity index (χ0v) is 14.2. The van der Waals surface area contributed by atoms with Gasteiger partial charge in [0.15, 0.2) is 0 Å². The van der Waals surface area contributed by atoms with Gasteiger partial charge in [-0.25, -0.2) is 4.63 Å². The summed E-state index contributed by atoms with van der Waals surface area (Å²) in [6.07, 6.45) is 1.08. The summed E-state index contributed by atoms with van der Waals surface area (Å²) >= 11 is 0. The van der Waals surface area contributed by atoms with Crippen LogP contribution in [0, 0.1) is 0 Å². The number of aromatic nitrogens is 2. The first-order valence-corrected chi connectivity index (χ1v) is 8.48. The van der Waals surface area contributed by atoms with Crippen LogP contribution in [-0.4, -0.2) is 48.1 Å². The predicted octanol–water partition coefficient (Wildman–Crippen LogP) is 2.67. The molecule has 1 aliphatic rings. The Morgan fingerprint density at radius 2 is 2.04 bits per heavy atom. The predicted molar refractivity (Wildman–Crippen MR) is 93.5 cm³/mol. The van der Waals surface area contributed by atoms with Crippen molar-refractivity contribution in [3.63, 3.8) is 0 Å². The number of nitrogens with zero attached hydrogens (tertiary/aromatic N) is 3. The van der Waals surface area contributed by atoms with Crippen LogP contribution in [0.4, 0.5) is 0 Å². The molecule has 25 heavy (non-hydrogen) atoms. The summed E-state index contributed by atoms with van der Waals surface area (Å²) in [5.41, 5.74) is 4.05.